The van der Waals surface area contributed by atoms with Crippen molar-refractivity contribution in [2.24, 2.45) is 0 Å². The van der Waals surface area contributed by atoms with Gasteiger partial charge in [0.15, 0.2) is 0 Å². The molecule has 1 aromatic carbocycles. The number of hydrogen-bond acceptors (Lipinski definition) is 3. The highest BCUT2D eigenvalue weighted by Gasteiger charge is 2.15. The summed E-state index contributed by atoms with van der Waals surface area (Å²) in [6.07, 6.45) is 0. The molecule has 2 atom stereocenters. The van der Waals surface area contributed by atoms with E-state index in [-0.39, 0.29) is 18.1 Å². The number of ether oxygens (including phenoxy) is 1. The monoisotopic (exact) mass is 207 g/mol. The molecular weight excluding hydrogens is 190 g/mol. The van der Waals surface area contributed by atoms with Crippen LogP contribution in [0.3, 0.4) is 0 Å². The first-order chi connectivity index (χ1) is 7.15. The van der Waals surface area contributed by atoms with E-state index in [0.29, 0.717) is 0 Å². The van der Waals surface area contributed by atoms with Gasteiger partial charge >= 0.3 is 5.97 Å². The van der Waals surface area contributed by atoms with Gasteiger partial charge in [0.1, 0.15) is 6.04 Å². The van der Waals surface area contributed by atoms with Gasteiger partial charge in [-0.15, -0.1) is 0 Å². The van der Waals surface area contributed by atoms with Crippen LogP contribution in [0, 0.1) is 0 Å². The molecule has 1 aromatic rings. The van der Waals surface area contributed by atoms with E-state index < -0.39 is 0 Å². The van der Waals surface area contributed by atoms with Gasteiger partial charge in [-0.1, -0.05) is 30.3 Å². The Kier molecular flexibility index (Phi) is 4.31. The Labute approximate surface area is 90.4 Å². The highest BCUT2D eigenvalue weighted by molar-refractivity contribution is 5.75. The van der Waals surface area contributed by atoms with Crippen LogP contribution in [0.2, 0.25) is 0 Å². The van der Waals surface area contributed by atoms with Crippen molar-refractivity contribution in [3.63, 3.8) is 0 Å². The quantitative estimate of drug-likeness (QED) is 0.766. The first-order valence-corrected chi connectivity index (χ1v) is 5.04. The Morgan fingerprint density at radius 3 is 2.40 bits per heavy atom. The topological polar surface area (TPSA) is 38.3 Å². The third kappa shape index (κ3) is 3.36. The third-order valence-corrected chi connectivity index (χ3v) is 2.35. The van der Waals surface area contributed by atoms with Crippen LogP contribution in [0.15, 0.2) is 30.3 Å². The molecule has 0 unspecified atom stereocenters. The summed E-state index contributed by atoms with van der Waals surface area (Å²) in [5.74, 6) is -0.238. The molecule has 0 aromatic heterocycles. The maximum atomic E-state index is 11.2. The Balaban J connectivity index is 2.56. The van der Waals surface area contributed by atoms with Crippen LogP contribution in [0.4, 0.5) is 0 Å². The zero-order valence-electron chi connectivity index (χ0n) is 9.36. The van der Waals surface area contributed by atoms with Crippen LogP contribution >= 0.6 is 0 Å². The van der Waals surface area contributed by atoms with E-state index in [9.17, 15) is 4.79 Å². The van der Waals surface area contributed by atoms with E-state index in [1.165, 1.54) is 7.11 Å². The van der Waals surface area contributed by atoms with Gasteiger partial charge in [-0.25, -0.2) is 0 Å². The molecule has 82 valence electrons. The van der Waals surface area contributed by atoms with Crippen molar-refractivity contribution in [1.29, 1.82) is 0 Å². The Morgan fingerprint density at radius 2 is 1.87 bits per heavy atom. The average molecular weight is 207 g/mol. The predicted molar refractivity (Wildman–Crippen MR) is 59.5 cm³/mol. The molecule has 1 N–H and O–H groups in total. The molecule has 1 rings (SSSR count). The van der Waals surface area contributed by atoms with Crippen LogP contribution in [0.25, 0.3) is 0 Å². The molecule has 0 fully saturated rings. The SMILES string of the molecule is COC(=O)[C@H](C)N[C@@H](C)c1ccccc1. The van der Waals surface area contributed by atoms with Gasteiger partial charge in [-0.3, -0.25) is 10.1 Å². The summed E-state index contributed by atoms with van der Waals surface area (Å²) in [5, 5.41) is 3.17. The smallest absolute Gasteiger partial charge is 0.322 e. The second-order valence-corrected chi connectivity index (χ2v) is 3.54. The van der Waals surface area contributed by atoms with Crippen molar-refractivity contribution in [3.05, 3.63) is 35.9 Å². The second kappa shape index (κ2) is 5.51. The number of rotatable bonds is 4. The fourth-order valence-corrected chi connectivity index (χ4v) is 1.46. The minimum Gasteiger partial charge on any atom is -0.468 e. The lowest BCUT2D eigenvalue weighted by molar-refractivity contribution is -0.142. The van der Waals surface area contributed by atoms with Crippen LogP contribution in [0.5, 0.6) is 0 Å². The van der Waals surface area contributed by atoms with Gasteiger partial charge in [0, 0.05) is 6.04 Å². The Hall–Kier alpha value is -1.35. The van der Waals surface area contributed by atoms with E-state index >= 15 is 0 Å². The van der Waals surface area contributed by atoms with E-state index in [1.807, 2.05) is 37.3 Å². The first-order valence-electron chi connectivity index (χ1n) is 5.04. The van der Waals surface area contributed by atoms with Gasteiger partial charge < -0.3 is 4.74 Å². The number of hydrogen-bond donors (Lipinski definition) is 1. The Bertz CT molecular complexity index is 311. The molecule has 0 saturated carbocycles. The van der Waals surface area contributed by atoms with Crippen molar-refractivity contribution in [2.45, 2.75) is 25.9 Å². The highest BCUT2D eigenvalue weighted by Crippen LogP contribution is 2.11. The summed E-state index contributed by atoms with van der Waals surface area (Å²) in [4.78, 5) is 11.2. The molecule has 0 aliphatic carbocycles. The standard InChI is InChI=1S/C12H17NO2/c1-9(11-7-5-4-6-8-11)13-10(2)12(14)15-3/h4-10,13H,1-3H3/t9-,10-/m0/s1. The number of carbonyl (C=O) groups excluding carboxylic acids is 1. The van der Waals surface area contributed by atoms with E-state index in [0.717, 1.165) is 5.56 Å². The fraction of sp³-hybridized carbons (Fsp3) is 0.417. The first kappa shape index (κ1) is 11.7. The minimum atomic E-state index is -0.287. The Morgan fingerprint density at radius 1 is 1.27 bits per heavy atom. The molecular formula is C12H17NO2. The third-order valence-electron chi connectivity index (χ3n) is 2.35. The highest BCUT2D eigenvalue weighted by atomic mass is 16.5. The molecule has 0 radical (unpaired) electrons. The second-order valence-electron chi connectivity index (χ2n) is 3.54. The largest absolute Gasteiger partial charge is 0.468 e. The molecule has 0 bridgehead atoms. The molecule has 3 heteroatoms. The number of benzene rings is 1. The average Bonchev–Trinajstić information content (AvgIpc) is 2.29. The summed E-state index contributed by atoms with van der Waals surface area (Å²) < 4.78 is 4.65. The van der Waals surface area contributed by atoms with Crippen LogP contribution in [-0.2, 0) is 9.53 Å². The van der Waals surface area contributed by atoms with Crippen LogP contribution in [0.1, 0.15) is 25.5 Å². The van der Waals surface area contributed by atoms with Gasteiger partial charge in [0.25, 0.3) is 0 Å². The van der Waals surface area contributed by atoms with Gasteiger partial charge in [0.2, 0.25) is 0 Å². The van der Waals surface area contributed by atoms with Crippen molar-refractivity contribution in [2.75, 3.05) is 7.11 Å². The summed E-state index contributed by atoms with van der Waals surface area (Å²) in [5.41, 5.74) is 1.16. The summed E-state index contributed by atoms with van der Waals surface area (Å²) in [6.45, 7) is 3.82. The molecule has 3 nitrogen and oxygen atoms in total. The van der Waals surface area contributed by atoms with Crippen molar-refractivity contribution < 1.29 is 9.53 Å². The predicted octanol–water partition coefficient (Wildman–Crippen LogP) is 1.90. The summed E-state index contributed by atoms with van der Waals surface area (Å²) in [7, 11) is 1.40. The van der Waals surface area contributed by atoms with E-state index in [1.54, 1.807) is 6.92 Å². The van der Waals surface area contributed by atoms with Gasteiger partial charge in [-0.05, 0) is 19.4 Å². The lowest BCUT2D eigenvalue weighted by atomic mass is 10.1. The molecule has 0 spiro atoms. The lowest BCUT2D eigenvalue weighted by Gasteiger charge is -2.18. The lowest BCUT2D eigenvalue weighted by Crippen LogP contribution is -2.36. The molecule has 0 heterocycles. The zero-order valence-corrected chi connectivity index (χ0v) is 9.36. The fourth-order valence-electron chi connectivity index (χ4n) is 1.46. The number of nitrogens with one attached hydrogen (secondary N) is 1. The molecule has 15 heavy (non-hydrogen) atoms. The molecule has 0 saturated heterocycles. The molecule has 0 aliphatic heterocycles. The molecule has 0 amide bonds. The van der Waals surface area contributed by atoms with Crippen LogP contribution in [-0.4, -0.2) is 19.1 Å². The summed E-state index contributed by atoms with van der Waals surface area (Å²) in [6, 6.07) is 9.85. The van der Waals surface area contributed by atoms with E-state index in [4.69, 9.17) is 0 Å². The van der Waals surface area contributed by atoms with Crippen LogP contribution < -0.4 is 5.32 Å². The number of carbonyl (C=O) groups is 1. The van der Waals surface area contributed by atoms with Gasteiger partial charge in [-0.2, -0.15) is 0 Å². The molecule has 0 aliphatic rings. The number of methoxy groups -OCH3 is 1. The van der Waals surface area contributed by atoms with Crippen molar-refractivity contribution >= 4 is 5.97 Å². The van der Waals surface area contributed by atoms with Crippen molar-refractivity contribution in [3.8, 4) is 0 Å². The van der Waals surface area contributed by atoms with Crippen molar-refractivity contribution in [1.82, 2.24) is 5.32 Å². The maximum absolute atomic E-state index is 11.2. The van der Waals surface area contributed by atoms with E-state index in [2.05, 4.69) is 10.1 Å². The normalized spacial score (nSPS) is 14.3. The zero-order chi connectivity index (χ0) is 11.3. The summed E-state index contributed by atoms with van der Waals surface area (Å²) >= 11 is 0. The minimum absolute atomic E-state index is 0.139. The number of esters is 1. The maximum Gasteiger partial charge on any atom is 0.322 e. The van der Waals surface area contributed by atoms with Gasteiger partial charge in [0.05, 0.1) is 7.11 Å².